The Morgan fingerprint density at radius 3 is 2.57 bits per heavy atom. The molecule has 5 heteroatoms. The number of likely N-dealkylation sites (tertiary alicyclic amines) is 1. The van der Waals surface area contributed by atoms with Crippen molar-refractivity contribution in [2.24, 2.45) is 5.92 Å². The molecule has 110 valence electrons. The minimum Gasteiger partial charge on any atom is -0.339 e. The monoisotopic (exact) mass is 303 g/mol. The van der Waals surface area contributed by atoms with Crippen LogP contribution in [-0.4, -0.2) is 39.2 Å². The van der Waals surface area contributed by atoms with Crippen LogP contribution in [0.25, 0.3) is 11.0 Å². The summed E-state index contributed by atoms with van der Waals surface area (Å²) < 4.78 is 0. The number of benzene rings is 1. The summed E-state index contributed by atoms with van der Waals surface area (Å²) in [6, 6.07) is 5.50. The Morgan fingerprint density at radius 1 is 1.24 bits per heavy atom. The first-order valence-electron chi connectivity index (χ1n) is 7.29. The Morgan fingerprint density at radius 2 is 1.90 bits per heavy atom. The van der Waals surface area contributed by atoms with Crippen LogP contribution in [0.15, 0.2) is 30.6 Å². The SMILES string of the molecule is CC(Cl)C1CCN(C(=O)c2ccc3nccnc3c2)CC1. The molecule has 0 aliphatic carbocycles. The van der Waals surface area contributed by atoms with Gasteiger partial charge in [-0.1, -0.05) is 0 Å². The summed E-state index contributed by atoms with van der Waals surface area (Å²) in [6.45, 7) is 3.59. The maximum Gasteiger partial charge on any atom is 0.253 e. The van der Waals surface area contributed by atoms with E-state index in [-0.39, 0.29) is 11.3 Å². The van der Waals surface area contributed by atoms with Crippen LogP contribution >= 0.6 is 11.6 Å². The Bertz CT molecular complexity index is 651. The van der Waals surface area contributed by atoms with Crippen LogP contribution in [0.5, 0.6) is 0 Å². The number of carbonyl (C=O) groups is 1. The molecule has 1 atom stereocenters. The number of halogens is 1. The van der Waals surface area contributed by atoms with E-state index in [2.05, 4.69) is 9.97 Å². The Hall–Kier alpha value is -1.68. The number of aromatic nitrogens is 2. The topological polar surface area (TPSA) is 46.1 Å². The van der Waals surface area contributed by atoms with Gasteiger partial charge in [0.25, 0.3) is 5.91 Å². The molecule has 21 heavy (non-hydrogen) atoms. The Kier molecular flexibility index (Phi) is 4.06. The second kappa shape index (κ2) is 5.98. The molecule has 1 amide bonds. The molecule has 1 unspecified atom stereocenters. The number of amides is 1. The number of rotatable bonds is 2. The van der Waals surface area contributed by atoms with Crippen molar-refractivity contribution in [1.82, 2.24) is 14.9 Å². The molecule has 0 radical (unpaired) electrons. The maximum atomic E-state index is 12.6. The standard InChI is InChI=1S/C16H18ClN3O/c1-11(17)12-4-8-20(9-5-12)16(21)13-2-3-14-15(10-13)19-7-6-18-14/h2-3,6-7,10-12H,4-5,8-9H2,1H3. The third kappa shape index (κ3) is 3.00. The lowest BCUT2D eigenvalue weighted by Crippen LogP contribution is -2.40. The van der Waals surface area contributed by atoms with E-state index in [1.54, 1.807) is 12.4 Å². The molecule has 1 aliphatic heterocycles. The largest absolute Gasteiger partial charge is 0.339 e. The van der Waals surface area contributed by atoms with Gasteiger partial charge in [-0.05, 0) is 43.9 Å². The molecule has 2 aromatic rings. The molecule has 0 N–H and O–H groups in total. The van der Waals surface area contributed by atoms with Gasteiger partial charge in [-0.3, -0.25) is 14.8 Å². The van der Waals surface area contributed by atoms with Gasteiger partial charge in [-0.2, -0.15) is 0 Å². The molecule has 1 aliphatic rings. The fourth-order valence-electron chi connectivity index (χ4n) is 2.84. The predicted molar refractivity (Wildman–Crippen MR) is 83.5 cm³/mol. The van der Waals surface area contributed by atoms with Gasteiger partial charge in [0.1, 0.15) is 0 Å². The van der Waals surface area contributed by atoms with E-state index < -0.39 is 0 Å². The first-order valence-corrected chi connectivity index (χ1v) is 7.73. The minimum absolute atomic E-state index is 0.0724. The number of alkyl halides is 1. The molecule has 0 bridgehead atoms. The summed E-state index contributed by atoms with van der Waals surface area (Å²) in [6.07, 6.45) is 5.25. The van der Waals surface area contributed by atoms with Crippen molar-refractivity contribution in [1.29, 1.82) is 0 Å². The number of hydrogen-bond acceptors (Lipinski definition) is 3. The van der Waals surface area contributed by atoms with Crippen LogP contribution in [0, 0.1) is 5.92 Å². The van der Waals surface area contributed by atoms with Crippen LogP contribution in [0.4, 0.5) is 0 Å². The molecule has 4 nitrogen and oxygen atoms in total. The zero-order valence-corrected chi connectivity index (χ0v) is 12.8. The second-order valence-corrected chi connectivity index (χ2v) is 6.26. The molecule has 1 aromatic heterocycles. The zero-order valence-electron chi connectivity index (χ0n) is 12.0. The number of carbonyl (C=O) groups excluding carboxylic acids is 1. The lowest BCUT2D eigenvalue weighted by atomic mass is 9.93. The van der Waals surface area contributed by atoms with Crippen molar-refractivity contribution in [2.45, 2.75) is 25.1 Å². The lowest BCUT2D eigenvalue weighted by Gasteiger charge is -2.33. The summed E-state index contributed by atoms with van der Waals surface area (Å²) in [4.78, 5) is 23.0. The number of fused-ring (bicyclic) bond motifs is 1. The van der Waals surface area contributed by atoms with E-state index in [0.29, 0.717) is 11.5 Å². The van der Waals surface area contributed by atoms with E-state index in [0.717, 1.165) is 37.0 Å². The van der Waals surface area contributed by atoms with Gasteiger partial charge in [0.2, 0.25) is 0 Å². The highest BCUT2D eigenvalue weighted by Gasteiger charge is 2.26. The van der Waals surface area contributed by atoms with Crippen molar-refractivity contribution in [3.63, 3.8) is 0 Å². The summed E-state index contributed by atoms with van der Waals surface area (Å²) in [5, 5.41) is 0.179. The van der Waals surface area contributed by atoms with Crippen LogP contribution in [-0.2, 0) is 0 Å². The zero-order chi connectivity index (χ0) is 14.8. The van der Waals surface area contributed by atoms with Crippen LogP contribution in [0.3, 0.4) is 0 Å². The molecule has 0 saturated carbocycles. The fraction of sp³-hybridized carbons (Fsp3) is 0.438. The molecule has 0 spiro atoms. The van der Waals surface area contributed by atoms with Crippen LogP contribution in [0.2, 0.25) is 0 Å². The fourth-order valence-corrected chi connectivity index (χ4v) is 3.09. The highest BCUT2D eigenvalue weighted by atomic mass is 35.5. The highest BCUT2D eigenvalue weighted by Crippen LogP contribution is 2.25. The van der Waals surface area contributed by atoms with E-state index in [1.165, 1.54) is 0 Å². The minimum atomic E-state index is 0.0724. The normalized spacial score (nSPS) is 17.9. The number of hydrogen-bond donors (Lipinski definition) is 0. The summed E-state index contributed by atoms with van der Waals surface area (Å²) in [5.41, 5.74) is 2.25. The van der Waals surface area contributed by atoms with Gasteiger partial charge in [0.05, 0.1) is 11.0 Å². The average Bonchev–Trinajstić information content (AvgIpc) is 2.54. The molecular formula is C16H18ClN3O. The first kappa shape index (κ1) is 14.3. The molecule has 3 rings (SSSR count). The molecule has 1 aromatic carbocycles. The van der Waals surface area contributed by atoms with E-state index in [9.17, 15) is 4.79 Å². The Balaban J connectivity index is 1.75. The van der Waals surface area contributed by atoms with Gasteiger partial charge in [-0.25, -0.2) is 0 Å². The van der Waals surface area contributed by atoms with Gasteiger partial charge >= 0.3 is 0 Å². The predicted octanol–water partition coefficient (Wildman–Crippen LogP) is 3.11. The van der Waals surface area contributed by atoms with Crippen LogP contribution in [0.1, 0.15) is 30.1 Å². The van der Waals surface area contributed by atoms with Crippen molar-refractivity contribution in [3.05, 3.63) is 36.2 Å². The third-order valence-corrected chi connectivity index (χ3v) is 4.55. The van der Waals surface area contributed by atoms with E-state index in [4.69, 9.17) is 11.6 Å². The van der Waals surface area contributed by atoms with E-state index in [1.807, 2.05) is 30.0 Å². The molecule has 2 heterocycles. The lowest BCUT2D eigenvalue weighted by molar-refractivity contribution is 0.0690. The summed E-state index contributed by atoms with van der Waals surface area (Å²) in [7, 11) is 0. The van der Waals surface area contributed by atoms with Gasteiger partial charge in [-0.15, -0.1) is 11.6 Å². The molecule has 1 fully saturated rings. The Labute approximate surface area is 129 Å². The highest BCUT2D eigenvalue weighted by molar-refractivity contribution is 6.20. The van der Waals surface area contributed by atoms with E-state index >= 15 is 0 Å². The second-order valence-electron chi connectivity index (χ2n) is 5.57. The van der Waals surface area contributed by atoms with Crippen molar-refractivity contribution < 1.29 is 4.79 Å². The summed E-state index contributed by atoms with van der Waals surface area (Å²) >= 11 is 6.15. The molecule has 1 saturated heterocycles. The summed E-state index contributed by atoms with van der Waals surface area (Å²) in [5.74, 6) is 0.585. The average molecular weight is 304 g/mol. The number of piperidine rings is 1. The van der Waals surface area contributed by atoms with Crippen molar-refractivity contribution in [3.8, 4) is 0 Å². The molecular weight excluding hydrogens is 286 g/mol. The van der Waals surface area contributed by atoms with Crippen molar-refractivity contribution >= 4 is 28.5 Å². The first-order chi connectivity index (χ1) is 10.1. The third-order valence-electron chi connectivity index (χ3n) is 4.19. The van der Waals surface area contributed by atoms with Gasteiger partial charge < -0.3 is 4.90 Å². The smallest absolute Gasteiger partial charge is 0.253 e. The van der Waals surface area contributed by atoms with Gasteiger partial charge in [0, 0.05) is 36.4 Å². The number of nitrogens with zero attached hydrogens (tertiary/aromatic N) is 3. The maximum absolute atomic E-state index is 12.6. The quantitative estimate of drug-likeness (QED) is 0.801. The van der Waals surface area contributed by atoms with Gasteiger partial charge in [0.15, 0.2) is 0 Å². The van der Waals surface area contributed by atoms with Crippen molar-refractivity contribution in [2.75, 3.05) is 13.1 Å². The van der Waals surface area contributed by atoms with Crippen LogP contribution < -0.4 is 0 Å².